The van der Waals surface area contributed by atoms with Crippen molar-refractivity contribution in [2.24, 2.45) is 20.5 Å². The Morgan fingerprint density at radius 1 is 0.875 bits per heavy atom. The maximum Gasteiger partial charge on any atom is 0.238 e. The van der Waals surface area contributed by atoms with E-state index in [1.807, 2.05) is 24.3 Å². The first-order valence-electron chi connectivity index (χ1n) is 12.0. The average molecular weight is 587 g/mol. The zero-order valence-corrected chi connectivity index (χ0v) is 22.9. The summed E-state index contributed by atoms with van der Waals surface area (Å²) >= 11 is 8.98. The summed E-state index contributed by atoms with van der Waals surface area (Å²) in [6.45, 7) is 0. The van der Waals surface area contributed by atoms with Gasteiger partial charge in [-0.2, -0.15) is 0 Å². The van der Waals surface area contributed by atoms with Crippen molar-refractivity contribution >= 4 is 78.7 Å². The number of hydrogen-bond donors (Lipinski definition) is 2. The molecule has 0 spiro atoms. The van der Waals surface area contributed by atoms with Gasteiger partial charge in [-0.25, -0.2) is 4.98 Å². The minimum absolute atomic E-state index is 0.00414. The highest BCUT2D eigenvalue weighted by molar-refractivity contribution is 8.00. The molecule has 198 valence electrons. The highest BCUT2D eigenvalue weighted by Gasteiger charge is 2.37. The number of azo groups is 2. The second-order valence-corrected chi connectivity index (χ2v) is 11.1. The average Bonchev–Trinajstić information content (AvgIpc) is 3.55. The van der Waals surface area contributed by atoms with E-state index in [0.717, 1.165) is 10.2 Å². The molecule has 1 amide bonds. The van der Waals surface area contributed by atoms with Crippen LogP contribution < -0.4 is 4.90 Å². The number of phenols is 2. The fourth-order valence-electron chi connectivity index (χ4n) is 4.15. The predicted octanol–water partition coefficient (Wildman–Crippen LogP) is 8.97. The SMILES string of the molecule is O=C1CSC(c2cc(N=Nc3nc4ccccc4s3)ccc2O)N1c1cc(O)ccc1N=Nc1ccccc1Cl. The summed E-state index contributed by atoms with van der Waals surface area (Å²) in [5.41, 5.74) is 2.96. The Morgan fingerprint density at radius 2 is 1.68 bits per heavy atom. The standard InChI is InChI=1S/C28H19ClN6O3S2/c29-19-5-1-2-6-20(19)32-33-21-11-10-17(36)14-23(21)35-26(38)15-39-27(35)18-13-16(9-12-24(18)37)31-34-28-30-22-7-3-4-8-25(22)40-28/h1-14,27,36-37H,15H2. The van der Waals surface area contributed by atoms with Crippen molar-refractivity contribution in [1.29, 1.82) is 0 Å². The van der Waals surface area contributed by atoms with Gasteiger partial charge in [-0.3, -0.25) is 9.69 Å². The van der Waals surface area contributed by atoms with E-state index in [1.54, 1.807) is 42.5 Å². The number of fused-ring (bicyclic) bond motifs is 1. The molecule has 0 bridgehead atoms. The van der Waals surface area contributed by atoms with Gasteiger partial charge in [0, 0.05) is 11.6 Å². The van der Waals surface area contributed by atoms with Gasteiger partial charge in [0.1, 0.15) is 28.2 Å². The number of anilines is 1. The largest absolute Gasteiger partial charge is 0.508 e. The number of carbonyl (C=O) groups excluding carboxylic acids is 1. The molecule has 2 N–H and O–H groups in total. The first-order chi connectivity index (χ1) is 19.5. The number of hydrogen-bond acceptors (Lipinski definition) is 10. The molecule has 40 heavy (non-hydrogen) atoms. The Labute approximate surface area is 241 Å². The third-order valence-electron chi connectivity index (χ3n) is 6.02. The predicted molar refractivity (Wildman–Crippen MR) is 158 cm³/mol. The molecule has 0 aliphatic carbocycles. The van der Waals surface area contributed by atoms with Crippen LogP contribution in [-0.2, 0) is 4.79 Å². The van der Waals surface area contributed by atoms with Gasteiger partial charge in [0.15, 0.2) is 0 Å². The van der Waals surface area contributed by atoms with Crippen LogP contribution in [0.3, 0.4) is 0 Å². The number of aromatic nitrogens is 1. The lowest BCUT2D eigenvalue weighted by molar-refractivity contribution is -0.115. The lowest BCUT2D eigenvalue weighted by Gasteiger charge is -2.26. The summed E-state index contributed by atoms with van der Waals surface area (Å²) in [5, 5.41) is 38.6. The molecule has 1 atom stereocenters. The molecule has 1 aliphatic rings. The van der Waals surface area contributed by atoms with Crippen LogP contribution in [0.1, 0.15) is 10.9 Å². The van der Waals surface area contributed by atoms with Crippen LogP contribution in [0.2, 0.25) is 5.02 Å². The van der Waals surface area contributed by atoms with E-state index in [-0.39, 0.29) is 23.2 Å². The third-order valence-corrected chi connectivity index (χ3v) is 8.45. The molecular formula is C28H19ClN6O3S2. The Hall–Kier alpha value is -4.32. The van der Waals surface area contributed by atoms with Crippen molar-refractivity contribution in [2.45, 2.75) is 5.37 Å². The highest BCUT2D eigenvalue weighted by atomic mass is 35.5. The number of nitrogens with zero attached hydrogens (tertiary/aromatic N) is 6. The second-order valence-electron chi connectivity index (χ2n) is 8.66. The molecule has 12 heteroatoms. The van der Waals surface area contributed by atoms with Crippen LogP contribution in [0, 0.1) is 0 Å². The number of thioether (sulfide) groups is 1. The summed E-state index contributed by atoms with van der Waals surface area (Å²) in [5.74, 6) is -0.0952. The van der Waals surface area contributed by atoms with E-state index in [4.69, 9.17) is 11.6 Å². The van der Waals surface area contributed by atoms with Gasteiger partial charge >= 0.3 is 0 Å². The maximum atomic E-state index is 13.1. The molecule has 0 radical (unpaired) electrons. The van der Waals surface area contributed by atoms with Crippen molar-refractivity contribution in [1.82, 2.24) is 4.98 Å². The number of phenolic OH excluding ortho intramolecular Hbond substituents is 2. The van der Waals surface area contributed by atoms with Crippen LogP contribution in [0.5, 0.6) is 11.5 Å². The monoisotopic (exact) mass is 586 g/mol. The molecular weight excluding hydrogens is 568 g/mol. The van der Waals surface area contributed by atoms with E-state index < -0.39 is 5.37 Å². The van der Waals surface area contributed by atoms with Crippen molar-refractivity contribution in [2.75, 3.05) is 10.7 Å². The minimum atomic E-state index is -0.610. The zero-order chi connectivity index (χ0) is 27.6. The molecule has 2 heterocycles. The van der Waals surface area contributed by atoms with Crippen LogP contribution in [-0.4, -0.2) is 26.9 Å². The van der Waals surface area contributed by atoms with E-state index in [2.05, 4.69) is 25.4 Å². The Morgan fingerprint density at radius 3 is 2.52 bits per heavy atom. The second kappa shape index (κ2) is 11.0. The van der Waals surface area contributed by atoms with Gasteiger partial charge in [-0.05, 0) is 54.6 Å². The molecule has 1 saturated heterocycles. The maximum absolute atomic E-state index is 13.1. The van der Waals surface area contributed by atoms with Crippen molar-refractivity contribution < 1.29 is 15.0 Å². The molecule has 6 rings (SSSR count). The smallest absolute Gasteiger partial charge is 0.238 e. The van der Waals surface area contributed by atoms with Gasteiger partial charge < -0.3 is 10.2 Å². The van der Waals surface area contributed by atoms with Gasteiger partial charge in [-0.1, -0.05) is 47.2 Å². The lowest BCUT2D eigenvalue weighted by Crippen LogP contribution is -2.27. The lowest BCUT2D eigenvalue weighted by atomic mass is 10.1. The van der Waals surface area contributed by atoms with Crippen LogP contribution in [0.15, 0.2) is 105 Å². The van der Waals surface area contributed by atoms with Crippen LogP contribution in [0.4, 0.5) is 27.9 Å². The van der Waals surface area contributed by atoms with E-state index in [1.165, 1.54) is 46.2 Å². The minimum Gasteiger partial charge on any atom is -0.508 e. The van der Waals surface area contributed by atoms with Crippen LogP contribution >= 0.6 is 34.7 Å². The molecule has 5 aromatic rings. The molecule has 9 nitrogen and oxygen atoms in total. The number of halogens is 1. The first-order valence-corrected chi connectivity index (χ1v) is 14.2. The molecule has 1 unspecified atom stereocenters. The number of aromatic hydroxyl groups is 2. The van der Waals surface area contributed by atoms with Gasteiger partial charge in [0.05, 0.1) is 32.4 Å². The molecule has 1 aromatic heterocycles. The molecule has 1 aliphatic heterocycles. The summed E-state index contributed by atoms with van der Waals surface area (Å²) < 4.78 is 1.01. The number of rotatable bonds is 6. The first kappa shape index (κ1) is 25.9. The van der Waals surface area contributed by atoms with Crippen LogP contribution in [0.25, 0.3) is 10.2 Å². The number of amides is 1. The Bertz CT molecular complexity index is 1780. The van der Waals surface area contributed by atoms with Gasteiger partial charge in [-0.15, -0.1) is 32.2 Å². The van der Waals surface area contributed by atoms with E-state index >= 15 is 0 Å². The summed E-state index contributed by atoms with van der Waals surface area (Å²) in [7, 11) is 0. The van der Waals surface area contributed by atoms with Gasteiger partial charge in [0.25, 0.3) is 0 Å². The molecule has 4 aromatic carbocycles. The summed E-state index contributed by atoms with van der Waals surface area (Å²) in [6, 6.07) is 24.1. The molecule has 0 saturated carbocycles. The fourth-order valence-corrected chi connectivity index (χ4v) is 6.30. The number of benzene rings is 4. The van der Waals surface area contributed by atoms with Crippen molar-refractivity contribution in [3.63, 3.8) is 0 Å². The summed E-state index contributed by atoms with van der Waals surface area (Å²) in [4.78, 5) is 19.1. The Balaban J connectivity index is 1.34. The normalized spacial score (nSPS) is 15.7. The highest BCUT2D eigenvalue weighted by Crippen LogP contribution is 2.49. The Kier molecular flexibility index (Phi) is 7.16. The van der Waals surface area contributed by atoms with Gasteiger partial charge in [0.2, 0.25) is 11.0 Å². The summed E-state index contributed by atoms with van der Waals surface area (Å²) in [6.07, 6.45) is 0. The van der Waals surface area contributed by atoms with E-state index in [0.29, 0.717) is 38.5 Å². The number of carbonyl (C=O) groups is 1. The van der Waals surface area contributed by atoms with E-state index in [9.17, 15) is 15.0 Å². The quantitative estimate of drug-likeness (QED) is 0.192. The fraction of sp³-hybridized carbons (Fsp3) is 0.0714. The van der Waals surface area contributed by atoms with Crippen molar-refractivity contribution in [3.8, 4) is 11.5 Å². The number of para-hydroxylation sites is 1. The topological polar surface area (TPSA) is 123 Å². The van der Waals surface area contributed by atoms with Crippen molar-refractivity contribution in [3.05, 3.63) is 95.5 Å². The third kappa shape index (κ3) is 5.26. The number of thiazole rings is 1. The zero-order valence-electron chi connectivity index (χ0n) is 20.5. The molecule has 1 fully saturated rings.